The Labute approximate surface area is 156 Å². The average molecular weight is 401 g/mol. The van der Waals surface area contributed by atoms with Gasteiger partial charge < -0.3 is 15.2 Å². The highest BCUT2D eigenvalue weighted by Crippen LogP contribution is 2.17. The Hall–Kier alpha value is -2.11. The number of rotatable bonds is 7. The molecule has 4 nitrogen and oxygen atoms in total. The van der Waals surface area contributed by atoms with Crippen molar-refractivity contribution in [3.05, 3.63) is 70.3 Å². The van der Waals surface area contributed by atoms with Gasteiger partial charge in [-0.05, 0) is 30.2 Å². The summed E-state index contributed by atoms with van der Waals surface area (Å²) in [6, 6.07) is 16.5. The number of H-pyrrole nitrogens is 1. The van der Waals surface area contributed by atoms with Gasteiger partial charge in [0.15, 0.2) is 6.54 Å². The van der Waals surface area contributed by atoms with E-state index < -0.39 is 0 Å². The number of quaternary nitrogens is 1. The summed E-state index contributed by atoms with van der Waals surface area (Å²) in [7, 11) is 2.04. The molecule has 0 saturated carbocycles. The summed E-state index contributed by atoms with van der Waals surface area (Å²) in [4.78, 5) is 16.6. The summed E-state index contributed by atoms with van der Waals surface area (Å²) in [5.74, 6) is 0.0921. The van der Waals surface area contributed by atoms with E-state index >= 15 is 0 Å². The maximum Gasteiger partial charge on any atom is 0.275 e. The number of likely N-dealkylation sites (N-methyl/N-ethyl adjacent to an activating group) is 1. The van der Waals surface area contributed by atoms with Crippen molar-refractivity contribution in [1.82, 2.24) is 10.3 Å². The molecule has 0 aliphatic heterocycles. The Morgan fingerprint density at radius 1 is 1.16 bits per heavy atom. The Bertz CT molecular complexity index is 842. The molecule has 1 unspecified atom stereocenters. The molecule has 0 spiro atoms. The Morgan fingerprint density at radius 3 is 2.72 bits per heavy atom. The molecule has 25 heavy (non-hydrogen) atoms. The van der Waals surface area contributed by atoms with E-state index in [9.17, 15) is 4.79 Å². The number of para-hydroxylation sites is 1. The number of hydrogen-bond donors (Lipinski definition) is 3. The monoisotopic (exact) mass is 400 g/mol. The lowest BCUT2D eigenvalue weighted by Crippen LogP contribution is -3.08. The zero-order chi connectivity index (χ0) is 17.6. The van der Waals surface area contributed by atoms with Gasteiger partial charge in [-0.2, -0.15) is 0 Å². The highest BCUT2D eigenvalue weighted by Gasteiger charge is 2.10. The van der Waals surface area contributed by atoms with E-state index in [4.69, 9.17) is 0 Å². The van der Waals surface area contributed by atoms with Crippen molar-refractivity contribution in [3.63, 3.8) is 0 Å². The van der Waals surface area contributed by atoms with Crippen molar-refractivity contribution in [2.45, 2.75) is 13.0 Å². The van der Waals surface area contributed by atoms with Crippen LogP contribution >= 0.6 is 15.9 Å². The average Bonchev–Trinajstić information content (AvgIpc) is 3.00. The number of amides is 1. The molecule has 0 bridgehead atoms. The lowest BCUT2D eigenvalue weighted by molar-refractivity contribution is -0.885. The largest absolute Gasteiger partial charge is 0.361 e. The molecule has 2 aromatic carbocycles. The van der Waals surface area contributed by atoms with Crippen LogP contribution in [-0.2, 0) is 17.8 Å². The van der Waals surface area contributed by atoms with Crippen LogP contribution in [0.15, 0.2) is 59.2 Å². The van der Waals surface area contributed by atoms with Gasteiger partial charge in [0.1, 0.15) is 6.54 Å². The third-order valence-electron chi connectivity index (χ3n) is 4.27. The van der Waals surface area contributed by atoms with Crippen LogP contribution in [0.25, 0.3) is 10.9 Å². The first-order valence-electron chi connectivity index (χ1n) is 8.49. The lowest BCUT2D eigenvalue weighted by atomic mass is 10.1. The molecule has 5 heteroatoms. The third kappa shape index (κ3) is 4.94. The fourth-order valence-electron chi connectivity index (χ4n) is 3.02. The first-order valence-corrected chi connectivity index (χ1v) is 9.28. The van der Waals surface area contributed by atoms with Crippen molar-refractivity contribution in [2.75, 3.05) is 20.1 Å². The summed E-state index contributed by atoms with van der Waals surface area (Å²) >= 11 is 3.44. The number of fused-ring (bicyclic) bond motifs is 1. The third-order valence-corrected chi connectivity index (χ3v) is 4.80. The lowest BCUT2D eigenvalue weighted by Gasteiger charge is -2.14. The van der Waals surface area contributed by atoms with Crippen LogP contribution in [-0.4, -0.2) is 31.0 Å². The van der Waals surface area contributed by atoms with Crippen LogP contribution in [0, 0.1) is 0 Å². The van der Waals surface area contributed by atoms with E-state index in [2.05, 4.69) is 50.5 Å². The second-order valence-corrected chi connectivity index (χ2v) is 7.31. The maximum atomic E-state index is 12.1. The van der Waals surface area contributed by atoms with Gasteiger partial charge in [0.05, 0.1) is 7.05 Å². The van der Waals surface area contributed by atoms with Gasteiger partial charge in [0, 0.05) is 33.7 Å². The van der Waals surface area contributed by atoms with Crippen LogP contribution in [0.3, 0.4) is 0 Å². The summed E-state index contributed by atoms with van der Waals surface area (Å²) in [6.45, 7) is 1.97. The van der Waals surface area contributed by atoms with Crippen molar-refractivity contribution < 1.29 is 9.69 Å². The molecular formula is C20H23BrN3O+. The number of aromatic amines is 1. The Balaban J connectivity index is 1.44. The minimum absolute atomic E-state index is 0.0921. The quantitative estimate of drug-likeness (QED) is 0.559. The van der Waals surface area contributed by atoms with Gasteiger partial charge in [-0.1, -0.05) is 46.3 Å². The van der Waals surface area contributed by atoms with Gasteiger partial charge in [-0.25, -0.2) is 0 Å². The molecule has 0 saturated heterocycles. The molecule has 1 atom stereocenters. The van der Waals surface area contributed by atoms with E-state index in [0.29, 0.717) is 13.1 Å². The van der Waals surface area contributed by atoms with Gasteiger partial charge in [0.2, 0.25) is 0 Å². The van der Waals surface area contributed by atoms with Crippen molar-refractivity contribution >= 4 is 32.7 Å². The number of halogens is 1. The zero-order valence-corrected chi connectivity index (χ0v) is 15.9. The molecule has 0 fully saturated rings. The van der Waals surface area contributed by atoms with Gasteiger partial charge in [-0.3, -0.25) is 4.79 Å². The topological polar surface area (TPSA) is 49.3 Å². The summed E-state index contributed by atoms with van der Waals surface area (Å²) in [5, 5.41) is 4.26. The number of hydrogen-bond acceptors (Lipinski definition) is 1. The van der Waals surface area contributed by atoms with E-state index in [-0.39, 0.29) is 5.91 Å². The molecule has 3 N–H and O–H groups in total. The summed E-state index contributed by atoms with van der Waals surface area (Å²) in [6.07, 6.45) is 2.86. The van der Waals surface area contributed by atoms with Crippen LogP contribution in [0.4, 0.5) is 0 Å². The second-order valence-electron chi connectivity index (χ2n) is 6.40. The van der Waals surface area contributed by atoms with Gasteiger partial charge in [-0.15, -0.1) is 0 Å². The number of nitrogens with one attached hydrogen (secondary N) is 3. The van der Waals surface area contributed by atoms with Crippen LogP contribution in [0.1, 0.15) is 11.1 Å². The van der Waals surface area contributed by atoms with E-state index in [0.717, 1.165) is 23.0 Å². The molecule has 3 rings (SSSR count). The van der Waals surface area contributed by atoms with Crippen LogP contribution in [0.2, 0.25) is 0 Å². The van der Waals surface area contributed by atoms with E-state index in [1.165, 1.54) is 21.4 Å². The summed E-state index contributed by atoms with van der Waals surface area (Å²) < 4.78 is 1.07. The zero-order valence-electron chi connectivity index (χ0n) is 14.3. The number of benzene rings is 2. The first kappa shape index (κ1) is 17.7. The number of carbonyl (C=O) groups is 1. The number of aromatic nitrogens is 1. The van der Waals surface area contributed by atoms with Crippen molar-refractivity contribution in [3.8, 4) is 0 Å². The standard InChI is InChI=1S/C20H22BrN3O/c1-24(13-15-6-8-17(21)9-7-15)14-20(25)22-11-10-16-12-23-19-5-3-2-4-18(16)19/h2-9,12,23H,10-11,13-14H2,1H3,(H,22,25)/p+1. The fourth-order valence-corrected chi connectivity index (χ4v) is 3.29. The van der Waals surface area contributed by atoms with Crippen molar-refractivity contribution in [1.29, 1.82) is 0 Å². The highest BCUT2D eigenvalue weighted by atomic mass is 79.9. The van der Waals surface area contributed by atoms with Gasteiger partial charge >= 0.3 is 0 Å². The maximum absolute atomic E-state index is 12.1. The van der Waals surface area contributed by atoms with E-state index in [1.54, 1.807) is 0 Å². The van der Waals surface area contributed by atoms with Crippen LogP contribution < -0.4 is 10.2 Å². The minimum atomic E-state index is 0.0921. The molecule has 0 aliphatic carbocycles. The molecule has 1 heterocycles. The van der Waals surface area contributed by atoms with E-state index in [1.807, 2.05) is 37.5 Å². The fraction of sp³-hybridized carbons (Fsp3) is 0.250. The highest BCUT2D eigenvalue weighted by molar-refractivity contribution is 9.10. The molecule has 130 valence electrons. The molecule has 0 radical (unpaired) electrons. The summed E-state index contributed by atoms with van der Waals surface area (Å²) in [5.41, 5.74) is 3.61. The Kier molecular flexibility index (Phi) is 5.89. The normalized spacial score (nSPS) is 12.2. The molecule has 1 aromatic heterocycles. The molecule has 1 amide bonds. The minimum Gasteiger partial charge on any atom is -0.361 e. The van der Waals surface area contributed by atoms with Crippen LogP contribution in [0.5, 0.6) is 0 Å². The Morgan fingerprint density at radius 2 is 1.92 bits per heavy atom. The predicted octanol–water partition coefficient (Wildman–Crippen LogP) is 2.30. The molecule has 3 aromatic rings. The van der Waals surface area contributed by atoms with Gasteiger partial charge in [0.25, 0.3) is 5.91 Å². The first-order chi connectivity index (χ1) is 12.1. The number of carbonyl (C=O) groups excluding carboxylic acids is 1. The van der Waals surface area contributed by atoms with Crippen molar-refractivity contribution in [2.24, 2.45) is 0 Å². The second kappa shape index (κ2) is 8.32. The smallest absolute Gasteiger partial charge is 0.275 e. The molecular weight excluding hydrogens is 378 g/mol. The predicted molar refractivity (Wildman–Crippen MR) is 105 cm³/mol. The SMILES string of the molecule is C[NH+](CC(=O)NCCc1c[nH]c2ccccc12)Cc1ccc(Br)cc1. The molecule has 0 aliphatic rings.